The van der Waals surface area contributed by atoms with Crippen LogP contribution in [0.2, 0.25) is 0 Å². The number of halogens is 1. The summed E-state index contributed by atoms with van der Waals surface area (Å²) in [5.74, 6) is 0.830. The average molecular weight is 255 g/mol. The molecule has 3 nitrogen and oxygen atoms in total. The van der Waals surface area contributed by atoms with Gasteiger partial charge in [0.1, 0.15) is 11.6 Å². The highest BCUT2D eigenvalue weighted by atomic mass is 79.9. The van der Waals surface area contributed by atoms with Gasteiger partial charge in [-0.3, -0.25) is 0 Å². The molecule has 0 aromatic carbocycles. The van der Waals surface area contributed by atoms with Gasteiger partial charge in [-0.2, -0.15) is 5.26 Å². The van der Waals surface area contributed by atoms with Gasteiger partial charge in [0.05, 0.1) is 6.61 Å². The fraction of sp³-hybridized carbons (Fsp3) is 0.400. The van der Waals surface area contributed by atoms with Crippen molar-refractivity contribution >= 4 is 15.9 Å². The van der Waals surface area contributed by atoms with Crippen LogP contribution >= 0.6 is 15.9 Å². The van der Waals surface area contributed by atoms with E-state index in [-0.39, 0.29) is 0 Å². The highest BCUT2D eigenvalue weighted by Crippen LogP contribution is 2.19. The lowest BCUT2D eigenvalue weighted by Gasteiger charge is -2.08. The van der Waals surface area contributed by atoms with Gasteiger partial charge in [0, 0.05) is 10.7 Å². The molecule has 0 saturated heterocycles. The Balaban J connectivity index is 2.82. The van der Waals surface area contributed by atoms with Gasteiger partial charge in [0.2, 0.25) is 5.88 Å². The Kier molecular flexibility index (Phi) is 3.90. The van der Waals surface area contributed by atoms with E-state index in [1.165, 1.54) is 0 Å². The van der Waals surface area contributed by atoms with Crippen LogP contribution in [0.25, 0.3) is 0 Å². The molecule has 0 amide bonds. The van der Waals surface area contributed by atoms with E-state index >= 15 is 0 Å². The Hall–Kier alpha value is -1.08. The van der Waals surface area contributed by atoms with Crippen LogP contribution in [0.5, 0.6) is 5.88 Å². The predicted octanol–water partition coefficient (Wildman–Crippen LogP) is 2.75. The summed E-state index contributed by atoms with van der Waals surface area (Å²) in [5, 5.41) is 8.82. The van der Waals surface area contributed by atoms with E-state index in [0.717, 1.165) is 4.47 Å². The van der Waals surface area contributed by atoms with Crippen LogP contribution < -0.4 is 4.74 Å². The van der Waals surface area contributed by atoms with E-state index in [0.29, 0.717) is 24.0 Å². The summed E-state index contributed by atoms with van der Waals surface area (Å²) in [6, 6.07) is 3.74. The minimum Gasteiger partial charge on any atom is -0.476 e. The second-order valence-electron chi connectivity index (χ2n) is 3.32. The highest BCUT2D eigenvalue weighted by Gasteiger charge is 2.06. The average Bonchev–Trinajstić information content (AvgIpc) is 2.15. The smallest absolute Gasteiger partial charge is 0.231 e. The van der Waals surface area contributed by atoms with Crippen molar-refractivity contribution in [1.29, 1.82) is 5.26 Å². The molecule has 0 aliphatic rings. The van der Waals surface area contributed by atoms with Crippen molar-refractivity contribution in [2.75, 3.05) is 6.61 Å². The maximum atomic E-state index is 8.82. The second-order valence-corrected chi connectivity index (χ2v) is 4.24. The van der Waals surface area contributed by atoms with Crippen LogP contribution in [0.15, 0.2) is 16.7 Å². The molecule has 0 atom stereocenters. The van der Waals surface area contributed by atoms with Crippen molar-refractivity contribution < 1.29 is 4.74 Å². The normalized spacial score (nSPS) is 9.93. The molecule has 14 heavy (non-hydrogen) atoms. The first kappa shape index (κ1) is 11.0. The second kappa shape index (κ2) is 4.97. The van der Waals surface area contributed by atoms with E-state index in [2.05, 4.69) is 20.9 Å². The van der Waals surface area contributed by atoms with Crippen molar-refractivity contribution in [3.05, 3.63) is 22.3 Å². The van der Waals surface area contributed by atoms with Crippen LogP contribution in [0.4, 0.5) is 0 Å². The van der Waals surface area contributed by atoms with E-state index in [1.807, 2.05) is 19.9 Å². The van der Waals surface area contributed by atoms with Crippen LogP contribution in [-0.4, -0.2) is 11.6 Å². The molecule has 0 fully saturated rings. The van der Waals surface area contributed by atoms with Crippen molar-refractivity contribution in [2.45, 2.75) is 13.8 Å². The molecule has 1 rings (SSSR count). The molecule has 0 N–H and O–H groups in total. The summed E-state index contributed by atoms with van der Waals surface area (Å²) in [6.07, 6.45) is 1.62. The molecule has 0 aliphatic carbocycles. The van der Waals surface area contributed by atoms with Crippen molar-refractivity contribution in [3.8, 4) is 11.9 Å². The Morgan fingerprint density at radius 3 is 2.93 bits per heavy atom. The van der Waals surface area contributed by atoms with Crippen LogP contribution in [0.1, 0.15) is 19.4 Å². The number of pyridine rings is 1. The van der Waals surface area contributed by atoms with E-state index in [4.69, 9.17) is 10.00 Å². The highest BCUT2D eigenvalue weighted by molar-refractivity contribution is 9.10. The quantitative estimate of drug-likeness (QED) is 0.834. The minimum absolute atomic E-state index is 0.407. The molecule has 1 aromatic heterocycles. The van der Waals surface area contributed by atoms with Crippen molar-refractivity contribution in [1.82, 2.24) is 4.98 Å². The fourth-order valence-corrected chi connectivity index (χ4v) is 1.20. The Bertz CT molecular complexity index is 358. The van der Waals surface area contributed by atoms with Gasteiger partial charge < -0.3 is 4.74 Å². The van der Waals surface area contributed by atoms with Gasteiger partial charge in [-0.25, -0.2) is 4.98 Å². The third kappa shape index (κ3) is 3.00. The van der Waals surface area contributed by atoms with E-state index in [1.54, 1.807) is 12.3 Å². The zero-order valence-corrected chi connectivity index (χ0v) is 9.71. The Morgan fingerprint density at radius 1 is 1.64 bits per heavy atom. The van der Waals surface area contributed by atoms with E-state index in [9.17, 15) is 0 Å². The molecule has 0 aliphatic heterocycles. The first-order valence-electron chi connectivity index (χ1n) is 4.32. The lowest BCUT2D eigenvalue weighted by molar-refractivity contribution is 0.260. The molecule has 4 heteroatoms. The van der Waals surface area contributed by atoms with Crippen LogP contribution in [0, 0.1) is 17.2 Å². The first-order chi connectivity index (χ1) is 6.63. The standard InChI is InChI=1S/C10H11BrN2O/c1-7(2)6-14-10-8(4-12)3-9(11)5-13-10/h3,5,7H,6H2,1-2H3. The molecule has 0 saturated carbocycles. The maximum absolute atomic E-state index is 8.82. The third-order valence-corrected chi connectivity index (χ3v) is 1.93. The number of ether oxygens (including phenoxy) is 1. The lowest BCUT2D eigenvalue weighted by Crippen LogP contribution is -2.06. The van der Waals surface area contributed by atoms with Gasteiger partial charge in [-0.15, -0.1) is 0 Å². The number of nitrogens with zero attached hydrogens (tertiary/aromatic N) is 2. The maximum Gasteiger partial charge on any atom is 0.231 e. The summed E-state index contributed by atoms with van der Waals surface area (Å²) in [6.45, 7) is 4.67. The molecule has 0 radical (unpaired) electrons. The fourth-order valence-electron chi connectivity index (χ4n) is 0.867. The van der Waals surface area contributed by atoms with Gasteiger partial charge in [-0.1, -0.05) is 13.8 Å². The molecule has 0 unspecified atom stereocenters. The molecular formula is C10H11BrN2O. The number of hydrogen-bond donors (Lipinski definition) is 0. The molecule has 0 spiro atoms. The molecule has 1 heterocycles. The zero-order chi connectivity index (χ0) is 10.6. The van der Waals surface area contributed by atoms with E-state index < -0.39 is 0 Å². The summed E-state index contributed by atoms with van der Waals surface area (Å²) < 4.78 is 6.17. The number of aromatic nitrogens is 1. The number of nitriles is 1. The van der Waals surface area contributed by atoms with Gasteiger partial charge in [0.25, 0.3) is 0 Å². The van der Waals surface area contributed by atoms with Crippen LogP contribution in [0.3, 0.4) is 0 Å². The Morgan fingerprint density at radius 2 is 2.36 bits per heavy atom. The third-order valence-electron chi connectivity index (χ3n) is 1.49. The van der Waals surface area contributed by atoms with Crippen molar-refractivity contribution in [2.24, 2.45) is 5.92 Å². The monoisotopic (exact) mass is 254 g/mol. The number of hydrogen-bond acceptors (Lipinski definition) is 3. The first-order valence-corrected chi connectivity index (χ1v) is 5.11. The van der Waals surface area contributed by atoms with Gasteiger partial charge in [0.15, 0.2) is 0 Å². The topological polar surface area (TPSA) is 45.9 Å². The molecule has 0 bridgehead atoms. The largest absolute Gasteiger partial charge is 0.476 e. The predicted molar refractivity (Wildman–Crippen MR) is 57.0 cm³/mol. The summed E-state index contributed by atoms with van der Waals surface area (Å²) in [5.41, 5.74) is 0.458. The molecule has 1 aromatic rings. The zero-order valence-electron chi connectivity index (χ0n) is 8.12. The number of rotatable bonds is 3. The lowest BCUT2D eigenvalue weighted by atomic mass is 10.2. The van der Waals surface area contributed by atoms with Crippen molar-refractivity contribution in [3.63, 3.8) is 0 Å². The van der Waals surface area contributed by atoms with Gasteiger partial charge >= 0.3 is 0 Å². The molecule has 74 valence electrons. The Labute approximate surface area is 91.8 Å². The summed E-state index contributed by atoms with van der Waals surface area (Å²) in [4.78, 5) is 4.03. The van der Waals surface area contributed by atoms with Crippen LogP contribution in [-0.2, 0) is 0 Å². The summed E-state index contributed by atoms with van der Waals surface area (Å²) >= 11 is 3.25. The summed E-state index contributed by atoms with van der Waals surface area (Å²) in [7, 11) is 0. The van der Waals surface area contributed by atoms with Gasteiger partial charge in [-0.05, 0) is 27.9 Å². The SMILES string of the molecule is CC(C)COc1ncc(Br)cc1C#N. The molecular weight excluding hydrogens is 244 g/mol. The minimum atomic E-state index is 0.407.